The van der Waals surface area contributed by atoms with Gasteiger partial charge in [-0.15, -0.1) is 0 Å². The number of aromatic nitrogens is 2. The van der Waals surface area contributed by atoms with Gasteiger partial charge < -0.3 is 10.6 Å². The topological polar surface area (TPSA) is 84.0 Å². The van der Waals surface area contributed by atoms with Gasteiger partial charge in [-0.25, -0.2) is 9.97 Å². The molecule has 0 bridgehead atoms. The first kappa shape index (κ1) is 18.5. The number of thiophene rings is 1. The van der Waals surface area contributed by atoms with E-state index >= 15 is 0 Å². The van der Waals surface area contributed by atoms with Crippen LogP contribution in [-0.2, 0) is 0 Å². The number of carbonyl (C=O) groups is 2. The van der Waals surface area contributed by atoms with E-state index in [1.54, 1.807) is 48.1 Å². The Hall–Kier alpha value is -3.84. The van der Waals surface area contributed by atoms with E-state index in [1.807, 2.05) is 35.7 Å². The van der Waals surface area contributed by atoms with Crippen molar-refractivity contribution in [3.63, 3.8) is 0 Å². The van der Waals surface area contributed by atoms with Crippen molar-refractivity contribution in [2.75, 3.05) is 10.6 Å². The zero-order valence-electron chi connectivity index (χ0n) is 15.2. The summed E-state index contributed by atoms with van der Waals surface area (Å²) in [5.74, 6) is -0.0450. The molecule has 2 aromatic heterocycles. The fourth-order valence-electron chi connectivity index (χ4n) is 2.71. The van der Waals surface area contributed by atoms with E-state index in [9.17, 15) is 9.59 Å². The average Bonchev–Trinajstić information content (AvgIpc) is 3.30. The van der Waals surface area contributed by atoms with Gasteiger partial charge in [0.15, 0.2) is 5.82 Å². The molecule has 142 valence electrons. The summed E-state index contributed by atoms with van der Waals surface area (Å²) in [5.41, 5.74) is 2.70. The van der Waals surface area contributed by atoms with Crippen LogP contribution < -0.4 is 10.6 Å². The van der Waals surface area contributed by atoms with Crippen molar-refractivity contribution in [2.24, 2.45) is 0 Å². The Morgan fingerprint density at radius 3 is 2.24 bits per heavy atom. The molecule has 2 heterocycles. The number of anilines is 2. The molecule has 0 saturated carbocycles. The van der Waals surface area contributed by atoms with E-state index in [0.717, 1.165) is 5.56 Å². The van der Waals surface area contributed by atoms with E-state index in [4.69, 9.17) is 0 Å². The van der Waals surface area contributed by atoms with Crippen molar-refractivity contribution in [3.8, 4) is 11.4 Å². The van der Waals surface area contributed by atoms with Crippen molar-refractivity contribution in [1.82, 2.24) is 9.97 Å². The SMILES string of the molecule is O=C(Nc1ccccc1C(=O)Nc1cnc(-c2ccccc2)nc1)c1ccsc1. The average molecular weight is 400 g/mol. The van der Waals surface area contributed by atoms with Gasteiger partial charge in [-0.3, -0.25) is 9.59 Å². The van der Waals surface area contributed by atoms with Crippen LogP contribution in [0.2, 0.25) is 0 Å². The lowest BCUT2D eigenvalue weighted by Gasteiger charge is -2.11. The van der Waals surface area contributed by atoms with Crippen LogP contribution in [0.4, 0.5) is 11.4 Å². The molecule has 6 nitrogen and oxygen atoms in total. The van der Waals surface area contributed by atoms with Gasteiger partial charge >= 0.3 is 0 Å². The van der Waals surface area contributed by atoms with Crippen molar-refractivity contribution in [3.05, 3.63) is 94.9 Å². The highest BCUT2D eigenvalue weighted by molar-refractivity contribution is 7.08. The quantitative estimate of drug-likeness (QED) is 0.508. The molecule has 0 aliphatic rings. The Labute approximate surface area is 171 Å². The maximum Gasteiger partial charge on any atom is 0.257 e. The molecule has 0 unspecified atom stereocenters. The molecule has 0 fully saturated rings. The summed E-state index contributed by atoms with van der Waals surface area (Å²) < 4.78 is 0. The van der Waals surface area contributed by atoms with Crippen LogP contribution in [0.5, 0.6) is 0 Å². The summed E-state index contributed by atoms with van der Waals surface area (Å²) in [6.07, 6.45) is 3.11. The smallest absolute Gasteiger partial charge is 0.257 e. The van der Waals surface area contributed by atoms with Crippen LogP contribution >= 0.6 is 11.3 Å². The molecule has 0 spiro atoms. The third kappa shape index (κ3) is 4.36. The van der Waals surface area contributed by atoms with Gasteiger partial charge in [0.2, 0.25) is 0 Å². The lowest BCUT2D eigenvalue weighted by Crippen LogP contribution is -2.18. The summed E-state index contributed by atoms with van der Waals surface area (Å²) in [6, 6.07) is 18.2. The van der Waals surface area contributed by atoms with Gasteiger partial charge in [-0.1, -0.05) is 42.5 Å². The highest BCUT2D eigenvalue weighted by atomic mass is 32.1. The Bertz CT molecular complexity index is 1130. The predicted molar refractivity (Wildman–Crippen MR) is 114 cm³/mol. The molecule has 2 aromatic carbocycles. The number of nitrogens with zero attached hydrogens (tertiary/aromatic N) is 2. The maximum atomic E-state index is 12.7. The summed E-state index contributed by atoms with van der Waals surface area (Å²) in [5, 5.41) is 9.14. The first-order chi connectivity index (χ1) is 14.2. The van der Waals surface area contributed by atoms with Crippen LogP contribution in [0.25, 0.3) is 11.4 Å². The van der Waals surface area contributed by atoms with Crippen LogP contribution in [0.3, 0.4) is 0 Å². The lowest BCUT2D eigenvalue weighted by molar-refractivity contribution is 0.102. The zero-order chi connectivity index (χ0) is 20.1. The van der Waals surface area contributed by atoms with Crippen molar-refractivity contribution in [2.45, 2.75) is 0 Å². The number of hydrogen-bond acceptors (Lipinski definition) is 5. The molecule has 0 saturated heterocycles. The number of nitrogens with one attached hydrogen (secondary N) is 2. The predicted octanol–water partition coefficient (Wildman–Crippen LogP) is 4.71. The number of carbonyl (C=O) groups excluding carboxylic acids is 2. The van der Waals surface area contributed by atoms with Crippen LogP contribution in [0, 0.1) is 0 Å². The zero-order valence-corrected chi connectivity index (χ0v) is 16.0. The van der Waals surface area contributed by atoms with Gasteiger partial charge in [0.1, 0.15) is 0 Å². The van der Waals surface area contributed by atoms with E-state index in [1.165, 1.54) is 11.3 Å². The highest BCUT2D eigenvalue weighted by Gasteiger charge is 2.15. The molecular weight excluding hydrogens is 384 g/mol. The Morgan fingerprint density at radius 2 is 1.52 bits per heavy atom. The van der Waals surface area contributed by atoms with Crippen molar-refractivity contribution in [1.29, 1.82) is 0 Å². The maximum absolute atomic E-state index is 12.7. The van der Waals surface area contributed by atoms with Crippen LogP contribution in [0.1, 0.15) is 20.7 Å². The van der Waals surface area contributed by atoms with Gasteiger partial charge in [0, 0.05) is 10.9 Å². The summed E-state index contributed by atoms with van der Waals surface area (Å²) >= 11 is 1.44. The van der Waals surface area contributed by atoms with Gasteiger partial charge in [-0.2, -0.15) is 11.3 Å². The number of hydrogen-bond donors (Lipinski definition) is 2. The number of rotatable bonds is 5. The molecule has 4 rings (SSSR count). The summed E-state index contributed by atoms with van der Waals surface area (Å²) in [6.45, 7) is 0. The third-order valence-corrected chi connectivity index (χ3v) is 4.83. The number of para-hydroxylation sites is 1. The largest absolute Gasteiger partial charge is 0.321 e. The normalized spacial score (nSPS) is 10.3. The number of benzene rings is 2. The molecule has 0 aliphatic heterocycles. The Balaban J connectivity index is 1.49. The first-order valence-electron chi connectivity index (χ1n) is 8.82. The highest BCUT2D eigenvalue weighted by Crippen LogP contribution is 2.20. The summed E-state index contributed by atoms with van der Waals surface area (Å²) in [4.78, 5) is 33.7. The second kappa shape index (κ2) is 8.45. The molecule has 29 heavy (non-hydrogen) atoms. The second-order valence-corrected chi connectivity index (χ2v) is 6.91. The van der Waals surface area contributed by atoms with Crippen LogP contribution in [0.15, 0.2) is 83.8 Å². The minimum absolute atomic E-state index is 0.262. The van der Waals surface area contributed by atoms with E-state index in [0.29, 0.717) is 28.3 Å². The van der Waals surface area contributed by atoms with E-state index in [2.05, 4.69) is 20.6 Å². The van der Waals surface area contributed by atoms with Crippen LogP contribution in [-0.4, -0.2) is 21.8 Å². The van der Waals surface area contributed by atoms with Crippen molar-refractivity contribution < 1.29 is 9.59 Å². The minimum Gasteiger partial charge on any atom is -0.321 e. The molecule has 0 radical (unpaired) electrons. The monoisotopic (exact) mass is 400 g/mol. The second-order valence-electron chi connectivity index (χ2n) is 6.13. The van der Waals surface area contributed by atoms with Gasteiger partial charge in [-0.05, 0) is 23.6 Å². The van der Waals surface area contributed by atoms with Crippen molar-refractivity contribution >= 4 is 34.5 Å². The molecule has 2 N–H and O–H groups in total. The minimum atomic E-state index is -0.359. The fourth-order valence-corrected chi connectivity index (χ4v) is 3.34. The molecule has 0 aliphatic carbocycles. The molecule has 4 aromatic rings. The van der Waals surface area contributed by atoms with Gasteiger partial charge in [0.05, 0.1) is 34.9 Å². The molecular formula is C22H16N4O2S. The number of amides is 2. The van der Waals surface area contributed by atoms with E-state index < -0.39 is 0 Å². The Morgan fingerprint density at radius 1 is 0.793 bits per heavy atom. The standard InChI is InChI=1S/C22H16N4O2S/c27-21(16-10-11-29-14-16)26-19-9-5-4-8-18(19)22(28)25-17-12-23-20(24-13-17)15-6-2-1-3-7-15/h1-14H,(H,25,28)(H,26,27). The first-order valence-corrected chi connectivity index (χ1v) is 9.76. The Kier molecular flexibility index (Phi) is 5.40. The third-order valence-electron chi connectivity index (χ3n) is 4.14. The fraction of sp³-hybridized carbons (Fsp3) is 0. The van der Waals surface area contributed by atoms with Gasteiger partial charge in [0.25, 0.3) is 11.8 Å². The van der Waals surface area contributed by atoms with E-state index in [-0.39, 0.29) is 11.8 Å². The summed E-state index contributed by atoms with van der Waals surface area (Å²) in [7, 11) is 0. The molecule has 7 heteroatoms. The molecule has 0 atom stereocenters. The lowest BCUT2D eigenvalue weighted by atomic mass is 10.1. The molecule has 2 amide bonds.